The summed E-state index contributed by atoms with van der Waals surface area (Å²) < 4.78 is 4.89. The van der Waals surface area contributed by atoms with E-state index in [1.54, 1.807) is 13.8 Å². The second kappa shape index (κ2) is 6.05. The molecule has 0 aliphatic rings. The molecule has 0 fully saturated rings. The van der Waals surface area contributed by atoms with E-state index in [-0.39, 0.29) is 24.4 Å². The zero-order valence-electron chi connectivity index (χ0n) is 8.94. The average molecular weight is 251 g/mol. The molecule has 0 bridgehead atoms. The van der Waals surface area contributed by atoms with Crippen molar-refractivity contribution in [2.75, 3.05) is 6.61 Å². The molecular weight excluding hydrogens is 236 g/mol. The van der Waals surface area contributed by atoms with Gasteiger partial charge < -0.3 is 10.5 Å². The molecule has 4 nitrogen and oxygen atoms in total. The van der Waals surface area contributed by atoms with E-state index < -0.39 is 0 Å². The molecule has 0 radical (unpaired) electrons. The number of nitrogens with two attached hydrogens (primary N) is 1. The lowest BCUT2D eigenvalue weighted by atomic mass is 10.3. The third kappa shape index (κ3) is 3.44. The van der Waals surface area contributed by atoms with Crippen LogP contribution < -0.4 is 5.73 Å². The zero-order chi connectivity index (χ0) is 10.7. The van der Waals surface area contributed by atoms with Gasteiger partial charge in [-0.3, -0.25) is 0 Å². The molecule has 0 spiro atoms. The maximum absolute atomic E-state index is 11.4. The first-order valence-corrected chi connectivity index (χ1v) is 5.28. The molecule has 2 N–H and O–H groups in total. The molecule has 0 saturated heterocycles. The third-order valence-corrected chi connectivity index (χ3v) is 3.00. The number of nitrogens with zero attached hydrogens (tertiary/aromatic N) is 1. The van der Waals surface area contributed by atoms with Crippen LogP contribution >= 0.6 is 23.7 Å². The normalized spacial score (nSPS) is 11.7. The van der Waals surface area contributed by atoms with E-state index in [0.29, 0.717) is 17.2 Å². The zero-order valence-corrected chi connectivity index (χ0v) is 10.6. The lowest BCUT2D eigenvalue weighted by Gasteiger charge is -1.98. The quantitative estimate of drug-likeness (QED) is 0.834. The van der Waals surface area contributed by atoms with Crippen molar-refractivity contribution in [2.24, 2.45) is 5.73 Å². The highest BCUT2D eigenvalue weighted by Gasteiger charge is 2.17. The molecule has 0 aromatic carbocycles. The Morgan fingerprint density at radius 2 is 2.27 bits per heavy atom. The lowest BCUT2D eigenvalue weighted by molar-refractivity contribution is 0.0531. The van der Waals surface area contributed by atoms with Crippen LogP contribution in [0.4, 0.5) is 0 Å². The van der Waals surface area contributed by atoms with E-state index in [0.717, 1.165) is 5.01 Å². The van der Waals surface area contributed by atoms with Gasteiger partial charge in [0.1, 0.15) is 9.88 Å². The molecule has 0 aliphatic carbocycles. The highest BCUT2D eigenvalue weighted by molar-refractivity contribution is 7.13. The van der Waals surface area contributed by atoms with Crippen LogP contribution in [-0.4, -0.2) is 17.6 Å². The summed E-state index contributed by atoms with van der Waals surface area (Å²) in [5.74, 6) is -0.311. The number of aromatic nitrogens is 1. The van der Waals surface area contributed by atoms with Crippen molar-refractivity contribution < 1.29 is 9.53 Å². The SMILES string of the molecule is CCOC(=O)c1sc(C(C)N)nc1C.Cl. The highest BCUT2D eigenvalue weighted by atomic mass is 35.5. The molecule has 86 valence electrons. The second-order valence-electron chi connectivity index (χ2n) is 2.98. The summed E-state index contributed by atoms with van der Waals surface area (Å²) in [7, 11) is 0. The van der Waals surface area contributed by atoms with Gasteiger partial charge in [0.25, 0.3) is 0 Å². The fourth-order valence-corrected chi connectivity index (χ4v) is 1.91. The lowest BCUT2D eigenvalue weighted by Crippen LogP contribution is -2.03. The number of carbonyl (C=O) groups is 1. The van der Waals surface area contributed by atoms with Gasteiger partial charge in [-0.05, 0) is 20.8 Å². The first-order valence-electron chi connectivity index (χ1n) is 4.46. The van der Waals surface area contributed by atoms with Gasteiger partial charge in [-0.15, -0.1) is 23.7 Å². The highest BCUT2D eigenvalue weighted by Crippen LogP contribution is 2.22. The van der Waals surface area contributed by atoms with E-state index in [4.69, 9.17) is 10.5 Å². The maximum Gasteiger partial charge on any atom is 0.350 e. The summed E-state index contributed by atoms with van der Waals surface area (Å²) in [6, 6.07) is -0.137. The van der Waals surface area contributed by atoms with Crippen LogP contribution in [-0.2, 0) is 4.74 Å². The Kier molecular flexibility index (Phi) is 5.79. The Morgan fingerprint density at radius 1 is 1.67 bits per heavy atom. The molecule has 15 heavy (non-hydrogen) atoms. The molecule has 6 heteroatoms. The van der Waals surface area contributed by atoms with Crippen molar-refractivity contribution in [2.45, 2.75) is 26.8 Å². The van der Waals surface area contributed by atoms with Crippen LogP contribution in [0.1, 0.15) is 40.3 Å². The number of ether oxygens (including phenoxy) is 1. The summed E-state index contributed by atoms with van der Waals surface area (Å²) in [5, 5.41) is 0.769. The number of esters is 1. The van der Waals surface area contributed by atoms with Crippen LogP contribution in [0.3, 0.4) is 0 Å². The van der Waals surface area contributed by atoms with Gasteiger partial charge in [0, 0.05) is 0 Å². The third-order valence-electron chi connectivity index (χ3n) is 1.66. The monoisotopic (exact) mass is 250 g/mol. The van der Waals surface area contributed by atoms with E-state index >= 15 is 0 Å². The molecule has 1 aromatic rings. The van der Waals surface area contributed by atoms with E-state index in [1.807, 2.05) is 6.92 Å². The van der Waals surface area contributed by atoms with Gasteiger partial charge in [0.15, 0.2) is 0 Å². The predicted molar refractivity (Wildman–Crippen MR) is 62.7 cm³/mol. The Bertz CT molecular complexity index is 339. The maximum atomic E-state index is 11.4. The molecule has 0 aliphatic heterocycles. The molecule has 1 aromatic heterocycles. The first kappa shape index (κ1) is 14.3. The van der Waals surface area contributed by atoms with Gasteiger partial charge in [-0.1, -0.05) is 0 Å². The second-order valence-corrected chi connectivity index (χ2v) is 4.01. The Hall–Kier alpha value is -0.650. The number of aryl methyl sites for hydroxylation is 1. The summed E-state index contributed by atoms with van der Waals surface area (Å²) >= 11 is 1.30. The van der Waals surface area contributed by atoms with E-state index in [1.165, 1.54) is 11.3 Å². The van der Waals surface area contributed by atoms with Gasteiger partial charge in [-0.2, -0.15) is 0 Å². The predicted octanol–water partition coefficient (Wildman–Crippen LogP) is 2.07. The number of carbonyl (C=O) groups excluding carboxylic acids is 1. The number of rotatable bonds is 3. The van der Waals surface area contributed by atoms with Gasteiger partial charge in [0.2, 0.25) is 0 Å². The molecule has 1 heterocycles. The summed E-state index contributed by atoms with van der Waals surface area (Å²) in [5.41, 5.74) is 6.36. The van der Waals surface area contributed by atoms with E-state index in [9.17, 15) is 4.79 Å². The molecule has 1 unspecified atom stereocenters. The minimum absolute atomic E-state index is 0. The Morgan fingerprint density at radius 3 is 2.67 bits per heavy atom. The first-order chi connectivity index (χ1) is 6.56. The van der Waals surface area contributed by atoms with Gasteiger partial charge >= 0.3 is 5.97 Å². The van der Waals surface area contributed by atoms with Crippen molar-refractivity contribution in [3.63, 3.8) is 0 Å². The number of hydrogen-bond acceptors (Lipinski definition) is 5. The fourth-order valence-electron chi connectivity index (χ4n) is 0.998. The fraction of sp³-hybridized carbons (Fsp3) is 0.556. The van der Waals surface area contributed by atoms with Crippen LogP contribution in [0.5, 0.6) is 0 Å². The minimum atomic E-state index is -0.311. The van der Waals surface area contributed by atoms with E-state index in [2.05, 4.69) is 4.98 Å². The molecule has 0 saturated carbocycles. The molecule has 1 atom stereocenters. The summed E-state index contributed by atoms with van der Waals surface area (Å²) in [6.45, 7) is 5.78. The minimum Gasteiger partial charge on any atom is -0.462 e. The molecule has 1 rings (SSSR count). The Labute approximate surface area is 99.2 Å². The standard InChI is InChI=1S/C9H14N2O2S.ClH/c1-4-13-9(12)7-6(3)11-8(14-7)5(2)10;/h5H,4,10H2,1-3H3;1H. The van der Waals surface area contributed by atoms with Crippen molar-refractivity contribution in [3.05, 3.63) is 15.6 Å². The van der Waals surface area contributed by atoms with Crippen LogP contribution in [0.2, 0.25) is 0 Å². The van der Waals surface area contributed by atoms with Crippen LogP contribution in [0, 0.1) is 6.92 Å². The molecule has 0 amide bonds. The van der Waals surface area contributed by atoms with Crippen molar-refractivity contribution in [1.82, 2.24) is 4.98 Å². The summed E-state index contributed by atoms with van der Waals surface area (Å²) in [6.07, 6.45) is 0. The Balaban J connectivity index is 0.00000196. The van der Waals surface area contributed by atoms with Gasteiger partial charge in [-0.25, -0.2) is 9.78 Å². The van der Waals surface area contributed by atoms with Gasteiger partial charge in [0.05, 0.1) is 18.3 Å². The number of thiazole rings is 1. The average Bonchev–Trinajstić information content (AvgIpc) is 2.48. The van der Waals surface area contributed by atoms with Crippen molar-refractivity contribution in [1.29, 1.82) is 0 Å². The van der Waals surface area contributed by atoms with Crippen LogP contribution in [0.15, 0.2) is 0 Å². The largest absolute Gasteiger partial charge is 0.462 e. The molecular formula is C9H15ClN2O2S. The van der Waals surface area contributed by atoms with Crippen molar-refractivity contribution >= 4 is 29.7 Å². The topological polar surface area (TPSA) is 65.2 Å². The van der Waals surface area contributed by atoms with Crippen molar-refractivity contribution in [3.8, 4) is 0 Å². The smallest absolute Gasteiger partial charge is 0.350 e. The number of halogens is 1. The number of hydrogen-bond donors (Lipinski definition) is 1. The van der Waals surface area contributed by atoms with Crippen LogP contribution in [0.25, 0.3) is 0 Å². The summed E-state index contributed by atoms with van der Waals surface area (Å²) in [4.78, 5) is 16.2.